The Hall–Kier alpha value is -0.210. The van der Waals surface area contributed by atoms with E-state index in [1.165, 1.54) is 0 Å². The summed E-state index contributed by atoms with van der Waals surface area (Å²) in [5.74, 6) is 0. The molecule has 0 aromatic heterocycles. The maximum Gasteiger partial charge on any atom is 0.297 e. The van der Waals surface area contributed by atoms with Crippen molar-refractivity contribution in [3.63, 3.8) is 0 Å². The van der Waals surface area contributed by atoms with Gasteiger partial charge in [0.05, 0.1) is 13.2 Å². The van der Waals surface area contributed by atoms with E-state index >= 15 is 0 Å². The largest absolute Gasteiger partial charge is 0.386 e. The molecule has 0 bridgehead atoms. The van der Waals surface area contributed by atoms with Crippen LogP contribution in [-0.2, 0) is 14.9 Å². The fraction of sp³-hybridized carbons (Fsp3) is 1.00. The molecule has 1 heterocycles. The lowest BCUT2D eigenvalue weighted by Crippen LogP contribution is -2.54. The molecular formula is C5H10O6S. The van der Waals surface area contributed by atoms with Crippen LogP contribution in [0.15, 0.2) is 0 Å². The molecule has 1 unspecified atom stereocenters. The molecule has 2 atom stereocenters. The molecule has 72 valence electrons. The van der Waals surface area contributed by atoms with Crippen molar-refractivity contribution in [3.05, 3.63) is 0 Å². The van der Waals surface area contributed by atoms with Gasteiger partial charge in [0, 0.05) is 6.42 Å². The van der Waals surface area contributed by atoms with Gasteiger partial charge in [0.25, 0.3) is 10.1 Å². The van der Waals surface area contributed by atoms with Gasteiger partial charge in [-0.25, -0.2) is 0 Å². The Morgan fingerprint density at radius 1 is 1.50 bits per heavy atom. The third-order valence-electron chi connectivity index (χ3n) is 1.85. The second-order valence-corrected chi connectivity index (χ2v) is 4.32. The van der Waals surface area contributed by atoms with Gasteiger partial charge in [-0.15, -0.1) is 0 Å². The number of aliphatic hydroxyl groups is 2. The highest BCUT2D eigenvalue weighted by Gasteiger charge is 2.49. The van der Waals surface area contributed by atoms with Crippen molar-refractivity contribution in [3.8, 4) is 0 Å². The molecule has 0 aromatic rings. The summed E-state index contributed by atoms with van der Waals surface area (Å²) in [7, 11) is -4.65. The smallest absolute Gasteiger partial charge is 0.297 e. The molecule has 0 saturated carbocycles. The molecule has 0 spiro atoms. The van der Waals surface area contributed by atoms with Crippen LogP contribution < -0.4 is 0 Å². The minimum absolute atomic E-state index is 0.00660. The van der Waals surface area contributed by atoms with E-state index in [0.29, 0.717) is 0 Å². The molecule has 12 heavy (non-hydrogen) atoms. The SMILES string of the molecule is O=S(=O)(O)C1(O)CCOC[C@H]1O. The van der Waals surface area contributed by atoms with Gasteiger partial charge in [-0.1, -0.05) is 0 Å². The zero-order valence-electron chi connectivity index (χ0n) is 6.17. The van der Waals surface area contributed by atoms with Crippen molar-refractivity contribution in [1.29, 1.82) is 0 Å². The van der Waals surface area contributed by atoms with Gasteiger partial charge in [0.1, 0.15) is 6.10 Å². The molecule has 7 heteroatoms. The molecule has 0 radical (unpaired) electrons. The summed E-state index contributed by atoms with van der Waals surface area (Å²) in [6, 6.07) is 0. The summed E-state index contributed by atoms with van der Waals surface area (Å²) >= 11 is 0. The molecule has 1 aliphatic heterocycles. The van der Waals surface area contributed by atoms with Crippen LogP contribution >= 0.6 is 0 Å². The molecule has 1 aliphatic rings. The molecule has 3 N–H and O–H groups in total. The minimum atomic E-state index is -4.65. The van der Waals surface area contributed by atoms with Crippen molar-refractivity contribution in [2.45, 2.75) is 17.5 Å². The Morgan fingerprint density at radius 2 is 2.08 bits per heavy atom. The standard InChI is InChI=1S/C5H10O6S/c6-4-3-11-2-1-5(4,7)12(8,9)10/h4,6-7H,1-3H2,(H,8,9,10)/t4-,5?/m1/s1. The van der Waals surface area contributed by atoms with Gasteiger partial charge in [-0.2, -0.15) is 8.42 Å². The Morgan fingerprint density at radius 3 is 2.42 bits per heavy atom. The Bertz CT molecular complexity index is 259. The zero-order chi connectivity index (χ0) is 9.41. The highest BCUT2D eigenvalue weighted by Crippen LogP contribution is 2.25. The van der Waals surface area contributed by atoms with E-state index in [2.05, 4.69) is 4.74 Å². The van der Waals surface area contributed by atoms with Crippen LogP contribution in [0.4, 0.5) is 0 Å². The van der Waals surface area contributed by atoms with Gasteiger partial charge in [-0.3, -0.25) is 4.55 Å². The summed E-state index contributed by atoms with van der Waals surface area (Å²) in [6.45, 7) is -0.302. The number of rotatable bonds is 1. The van der Waals surface area contributed by atoms with E-state index < -0.39 is 21.2 Å². The fourth-order valence-corrected chi connectivity index (χ4v) is 1.76. The summed E-state index contributed by atoms with van der Waals surface area (Å²) in [5.41, 5.74) is 0. The van der Waals surface area contributed by atoms with Crippen LogP contribution in [0.25, 0.3) is 0 Å². The van der Waals surface area contributed by atoms with E-state index in [-0.39, 0.29) is 19.6 Å². The third kappa shape index (κ3) is 1.46. The summed E-state index contributed by atoms with van der Waals surface area (Å²) < 4.78 is 34.5. The summed E-state index contributed by atoms with van der Waals surface area (Å²) in [5, 5.41) is 18.4. The first-order valence-corrected chi connectivity index (χ1v) is 4.77. The molecule has 1 saturated heterocycles. The molecule has 6 nitrogen and oxygen atoms in total. The zero-order valence-corrected chi connectivity index (χ0v) is 6.99. The highest BCUT2D eigenvalue weighted by molar-refractivity contribution is 7.87. The van der Waals surface area contributed by atoms with Gasteiger partial charge in [-0.05, 0) is 0 Å². The summed E-state index contributed by atoms with van der Waals surface area (Å²) in [6.07, 6.45) is -1.92. The van der Waals surface area contributed by atoms with Gasteiger partial charge in [0.2, 0.25) is 4.93 Å². The van der Waals surface area contributed by atoms with E-state index in [0.717, 1.165) is 0 Å². The molecule has 0 aromatic carbocycles. The number of hydrogen-bond acceptors (Lipinski definition) is 5. The number of ether oxygens (including phenoxy) is 1. The second-order valence-electron chi connectivity index (χ2n) is 2.66. The fourth-order valence-electron chi connectivity index (χ4n) is 1.01. The molecule has 1 rings (SSSR count). The Balaban J connectivity index is 2.95. The predicted molar refractivity (Wildman–Crippen MR) is 37.9 cm³/mol. The van der Waals surface area contributed by atoms with Gasteiger partial charge in [0.15, 0.2) is 0 Å². The monoisotopic (exact) mass is 198 g/mol. The van der Waals surface area contributed by atoms with E-state index in [1.54, 1.807) is 0 Å². The van der Waals surface area contributed by atoms with Crippen LogP contribution in [0.3, 0.4) is 0 Å². The first-order chi connectivity index (χ1) is 5.38. The molecule has 0 aliphatic carbocycles. The van der Waals surface area contributed by atoms with Crippen LogP contribution in [0, 0.1) is 0 Å². The van der Waals surface area contributed by atoms with Crippen LogP contribution in [0.2, 0.25) is 0 Å². The first-order valence-electron chi connectivity index (χ1n) is 3.33. The van der Waals surface area contributed by atoms with Crippen molar-refractivity contribution in [1.82, 2.24) is 0 Å². The average molecular weight is 198 g/mol. The molecule has 0 amide bonds. The van der Waals surface area contributed by atoms with Crippen molar-refractivity contribution < 1.29 is 27.9 Å². The predicted octanol–water partition coefficient (Wildman–Crippen LogP) is -1.66. The maximum atomic E-state index is 10.6. The lowest BCUT2D eigenvalue weighted by atomic mass is 10.1. The van der Waals surface area contributed by atoms with E-state index in [9.17, 15) is 13.5 Å². The molecular weight excluding hydrogens is 188 g/mol. The Labute approximate surface area is 69.5 Å². The summed E-state index contributed by atoms with van der Waals surface area (Å²) in [4.78, 5) is -2.47. The average Bonchev–Trinajstić information content (AvgIpc) is 1.93. The maximum absolute atomic E-state index is 10.6. The van der Waals surface area contributed by atoms with Crippen molar-refractivity contribution in [2.75, 3.05) is 13.2 Å². The second kappa shape index (κ2) is 2.93. The van der Waals surface area contributed by atoms with Crippen LogP contribution in [0.5, 0.6) is 0 Å². The highest BCUT2D eigenvalue weighted by atomic mass is 32.2. The minimum Gasteiger partial charge on any atom is -0.386 e. The normalized spacial score (nSPS) is 38.1. The Kier molecular flexibility index (Phi) is 2.41. The van der Waals surface area contributed by atoms with E-state index in [1.807, 2.05) is 0 Å². The van der Waals surface area contributed by atoms with E-state index in [4.69, 9.17) is 9.66 Å². The number of aliphatic hydroxyl groups excluding tert-OH is 1. The van der Waals surface area contributed by atoms with Crippen molar-refractivity contribution in [2.24, 2.45) is 0 Å². The van der Waals surface area contributed by atoms with Crippen molar-refractivity contribution >= 4 is 10.1 Å². The lowest BCUT2D eigenvalue weighted by Gasteiger charge is -2.33. The van der Waals surface area contributed by atoms with Gasteiger partial charge < -0.3 is 14.9 Å². The lowest BCUT2D eigenvalue weighted by molar-refractivity contribution is -0.111. The van der Waals surface area contributed by atoms with Gasteiger partial charge >= 0.3 is 0 Å². The quantitative estimate of drug-likeness (QED) is 0.436. The third-order valence-corrected chi connectivity index (χ3v) is 3.22. The van der Waals surface area contributed by atoms with Crippen LogP contribution in [0.1, 0.15) is 6.42 Å². The van der Waals surface area contributed by atoms with Crippen LogP contribution in [-0.4, -0.2) is 47.4 Å². The topological polar surface area (TPSA) is 104 Å². The molecule has 1 fully saturated rings. The first kappa shape index (κ1) is 9.87. The number of hydrogen-bond donors (Lipinski definition) is 3.